The summed E-state index contributed by atoms with van der Waals surface area (Å²) in [7, 11) is 0. The van der Waals surface area contributed by atoms with Gasteiger partial charge in [-0.25, -0.2) is 4.68 Å². The van der Waals surface area contributed by atoms with E-state index >= 15 is 0 Å². The summed E-state index contributed by atoms with van der Waals surface area (Å²) in [6, 6.07) is 0.978. The first-order valence-electron chi connectivity index (χ1n) is 6.19. The van der Waals surface area contributed by atoms with Crippen molar-refractivity contribution in [1.82, 2.24) is 9.78 Å². The van der Waals surface area contributed by atoms with Crippen molar-refractivity contribution in [2.75, 3.05) is 0 Å². The lowest BCUT2D eigenvalue weighted by Gasteiger charge is -2.12. The topological polar surface area (TPSA) is 66.6 Å². The molecule has 0 bridgehead atoms. The molecule has 5 nitrogen and oxygen atoms in total. The van der Waals surface area contributed by atoms with Crippen LogP contribution in [-0.2, 0) is 12.4 Å². The van der Waals surface area contributed by atoms with E-state index in [4.69, 9.17) is 28.7 Å². The van der Waals surface area contributed by atoms with E-state index in [2.05, 4.69) is 27.3 Å². The second-order valence-corrected chi connectivity index (χ2v) is 5.82. The lowest BCUT2D eigenvalue weighted by molar-refractivity contribution is -0.138. The van der Waals surface area contributed by atoms with Crippen LogP contribution >= 0.6 is 35.4 Å². The first-order valence-corrected chi connectivity index (χ1v) is 7.35. The van der Waals surface area contributed by atoms with E-state index in [1.165, 1.54) is 0 Å². The number of nitrogens with zero attached hydrogens (tertiary/aromatic N) is 5. The molecule has 1 aromatic carbocycles. The van der Waals surface area contributed by atoms with Gasteiger partial charge in [0.25, 0.3) is 0 Å². The Bertz CT molecular complexity index is 906. The third-order valence-corrected chi connectivity index (χ3v) is 3.78. The fourth-order valence-electron chi connectivity index (χ4n) is 1.89. The Morgan fingerprint density at radius 2 is 1.65 bits per heavy atom. The van der Waals surface area contributed by atoms with Crippen molar-refractivity contribution < 1.29 is 26.3 Å². The van der Waals surface area contributed by atoms with Crippen LogP contribution in [0.1, 0.15) is 16.8 Å². The predicted octanol–water partition coefficient (Wildman–Crippen LogP) is 6.20. The van der Waals surface area contributed by atoms with Crippen LogP contribution in [0.2, 0.25) is 10.0 Å². The van der Waals surface area contributed by atoms with Gasteiger partial charge in [0.15, 0.2) is 0 Å². The van der Waals surface area contributed by atoms with E-state index in [-0.39, 0.29) is 0 Å². The molecule has 138 valence electrons. The van der Waals surface area contributed by atoms with Crippen molar-refractivity contribution in [3.05, 3.63) is 55.6 Å². The van der Waals surface area contributed by atoms with Gasteiger partial charge < -0.3 is 0 Å². The number of benzene rings is 1. The van der Waals surface area contributed by atoms with Gasteiger partial charge >= 0.3 is 12.4 Å². The second-order valence-electron chi connectivity index (χ2n) is 4.61. The quantitative estimate of drug-likeness (QED) is 0.186. The molecule has 0 spiro atoms. The highest BCUT2D eigenvalue weighted by Crippen LogP contribution is 2.39. The molecule has 0 aliphatic rings. The van der Waals surface area contributed by atoms with Crippen molar-refractivity contribution in [3.8, 4) is 5.69 Å². The normalized spacial score (nSPS) is 12.0. The molecule has 0 saturated heterocycles. The van der Waals surface area contributed by atoms with Crippen molar-refractivity contribution in [3.63, 3.8) is 0 Å². The number of rotatable bonds is 2. The van der Waals surface area contributed by atoms with Crippen LogP contribution in [0.15, 0.2) is 23.4 Å². The molecule has 26 heavy (non-hydrogen) atoms. The van der Waals surface area contributed by atoms with E-state index in [1.807, 2.05) is 0 Å². The summed E-state index contributed by atoms with van der Waals surface area (Å²) in [5.41, 5.74) is 4.43. The van der Waals surface area contributed by atoms with Gasteiger partial charge in [-0.3, -0.25) is 0 Å². The van der Waals surface area contributed by atoms with Gasteiger partial charge in [0, 0.05) is 11.1 Å². The summed E-state index contributed by atoms with van der Waals surface area (Å²) in [6.07, 6.45) is -9.27. The molecule has 2 rings (SSSR count). The van der Waals surface area contributed by atoms with E-state index in [1.54, 1.807) is 0 Å². The first kappa shape index (κ1) is 20.3. The van der Waals surface area contributed by atoms with Crippen LogP contribution in [-0.4, -0.2) is 14.8 Å². The van der Waals surface area contributed by atoms with Gasteiger partial charge in [-0.1, -0.05) is 35.4 Å². The smallest absolute Gasteiger partial charge is 0.237 e. The Labute approximate surface area is 155 Å². The van der Waals surface area contributed by atoms with Crippen molar-refractivity contribution >= 4 is 40.4 Å². The van der Waals surface area contributed by atoms with Gasteiger partial charge in [-0.2, -0.15) is 31.4 Å². The van der Waals surface area contributed by atoms with Gasteiger partial charge in [0.2, 0.25) is 0 Å². The maximum Gasteiger partial charge on any atom is 0.420 e. The molecule has 0 saturated carbocycles. The molecule has 0 fully saturated rings. The number of aromatic nitrogens is 2. The zero-order chi connectivity index (χ0) is 19.9. The third-order valence-electron chi connectivity index (χ3n) is 2.93. The third kappa shape index (κ3) is 4.04. The maximum absolute atomic E-state index is 13.1. The molecular weight excluding hydrogens is 431 g/mol. The monoisotopic (exact) mass is 433 g/mol. The first-order chi connectivity index (χ1) is 11.9. The van der Waals surface area contributed by atoms with Crippen LogP contribution < -0.4 is 0 Å². The fraction of sp³-hybridized carbons (Fsp3) is 0.167. The van der Waals surface area contributed by atoms with Crippen molar-refractivity contribution in [2.45, 2.75) is 12.4 Å². The number of thiocarbonyl (C=S) groups is 1. The van der Waals surface area contributed by atoms with Crippen molar-refractivity contribution in [2.24, 2.45) is 5.11 Å². The average molecular weight is 434 g/mol. The highest BCUT2D eigenvalue weighted by molar-refractivity contribution is 7.80. The Balaban J connectivity index is 2.71. The van der Waals surface area contributed by atoms with Gasteiger partial charge in [-0.15, -0.1) is 0 Å². The number of hydrogen-bond donors (Lipinski definition) is 0. The van der Waals surface area contributed by atoms with E-state index in [0.717, 1.165) is 0 Å². The molecule has 0 radical (unpaired) electrons. The van der Waals surface area contributed by atoms with Crippen LogP contribution in [0.5, 0.6) is 0 Å². The second kappa shape index (κ2) is 6.95. The molecule has 2 aromatic rings. The number of alkyl halides is 6. The lowest BCUT2D eigenvalue weighted by Crippen LogP contribution is -2.09. The molecule has 0 atom stereocenters. The Kier molecular flexibility index (Phi) is 5.43. The van der Waals surface area contributed by atoms with Crippen LogP contribution in [0.25, 0.3) is 16.1 Å². The minimum absolute atomic E-state index is 0.425. The van der Waals surface area contributed by atoms with Crippen LogP contribution in [0.3, 0.4) is 0 Å². The van der Waals surface area contributed by atoms with E-state index in [0.29, 0.717) is 23.0 Å². The minimum Gasteiger partial charge on any atom is -0.237 e. The highest BCUT2D eigenvalue weighted by atomic mass is 35.5. The maximum atomic E-state index is 13.1. The minimum atomic E-state index is -4.94. The van der Waals surface area contributed by atoms with Crippen LogP contribution in [0, 0.1) is 0 Å². The van der Waals surface area contributed by atoms with Gasteiger partial charge in [0.05, 0.1) is 15.6 Å². The molecule has 0 unspecified atom stereocenters. The standard InChI is InChI=1S/C12H3Cl2F6N5S/c13-6-1-4(11(15,16)17)2-7(14)9(6)25-3-5(12(18,19)20)8(23-25)10(26)22-24-21/h1-3H. The fourth-order valence-corrected chi connectivity index (χ4v) is 2.74. The lowest BCUT2D eigenvalue weighted by atomic mass is 10.2. The Hall–Kier alpha value is -2.01. The highest BCUT2D eigenvalue weighted by Gasteiger charge is 2.38. The Morgan fingerprint density at radius 1 is 1.12 bits per heavy atom. The number of azide groups is 1. The van der Waals surface area contributed by atoms with Crippen molar-refractivity contribution in [1.29, 1.82) is 0 Å². The molecule has 0 amide bonds. The summed E-state index contributed by atoms with van der Waals surface area (Å²) >= 11 is 16.1. The average Bonchev–Trinajstić information content (AvgIpc) is 2.91. The predicted molar refractivity (Wildman–Crippen MR) is 84.4 cm³/mol. The molecule has 1 aromatic heterocycles. The largest absolute Gasteiger partial charge is 0.420 e. The molecule has 0 N–H and O–H groups in total. The van der Waals surface area contributed by atoms with Crippen LogP contribution in [0.4, 0.5) is 26.3 Å². The summed E-state index contributed by atoms with van der Waals surface area (Å²) < 4.78 is 78.2. The number of hydrogen-bond acceptors (Lipinski definition) is 2. The number of halogens is 8. The molecule has 1 heterocycles. The zero-order valence-electron chi connectivity index (χ0n) is 11.9. The van der Waals surface area contributed by atoms with Gasteiger partial charge in [0.1, 0.15) is 21.9 Å². The molecule has 14 heteroatoms. The molecular formula is C12H3Cl2F6N5S. The zero-order valence-corrected chi connectivity index (χ0v) is 14.2. The summed E-state index contributed by atoms with van der Waals surface area (Å²) in [6.45, 7) is 0. The Morgan fingerprint density at radius 3 is 2.08 bits per heavy atom. The SMILES string of the molecule is [N-]=[N+]=NC(=S)c1nn(-c2c(Cl)cc(C(F)(F)F)cc2Cl)cc1C(F)(F)F. The summed E-state index contributed by atoms with van der Waals surface area (Å²) in [5.74, 6) is 0. The summed E-state index contributed by atoms with van der Waals surface area (Å²) in [4.78, 5) is 1.47. The van der Waals surface area contributed by atoms with E-state index in [9.17, 15) is 26.3 Å². The molecule has 0 aliphatic heterocycles. The van der Waals surface area contributed by atoms with Gasteiger partial charge in [-0.05, 0) is 22.8 Å². The van der Waals surface area contributed by atoms with E-state index < -0.39 is 49.9 Å². The molecule has 0 aliphatic carbocycles. The summed E-state index contributed by atoms with van der Waals surface area (Å²) in [5, 5.41) is 5.22.